The predicted molar refractivity (Wildman–Crippen MR) is 139 cm³/mol. The molecule has 0 spiro atoms. The number of esters is 2. The van der Waals surface area contributed by atoms with E-state index in [4.69, 9.17) is 9.47 Å². The first-order valence-corrected chi connectivity index (χ1v) is 13.9. The van der Waals surface area contributed by atoms with Gasteiger partial charge in [0.1, 0.15) is 0 Å². The Morgan fingerprint density at radius 3 is 1.82 bits per heavy atom. The second kappa shape index (κ2) is 17.3. The number of likely N-dealkylation sites (N-methyl/N-ethyl adjacent to an activating group) is 2. The molecule has 1 saturated heterocycles. The third-order valence-electron chi connectivity index (χ3n) is 7.02. The molecule has 1 aliphatic heterocycles. The average Bonchev–Trinajstić information content (AvgIpc) is 2.77. The van der Waals surface area contributed by atoms with Crippen molar-refractivity contribution in [2.24, 2.45) is 0 Å². The molecule has 7 nitrogen and oxygen atoms in total. The SMILES string of the molecule is CCCCCCCOC(=O)C[N+](C)(C)CCN1CC[N+](C)(CC(=O)OCCCCCCC)CC1. The van der Waals surface area contributed by atoms with Crippen molar-refractivity contribution in [3.05, 3.63) is 0 Å². The van der Waals surface area contributed by atoms with Crippen LogP contribution in [0, 0.1) is 0 Å². The smallest absolute Gasteiger partial charge is 0.361 e. The van der Waals surface area contributed by atoms with E-state index in [0.717, 1.165) is 69.4 Å². The summed E-state index contributed by atoms with van der Waals surface area (Å²) in [4.78, 5) is 27.0. The van der Waals surface area contributed by atoms with Gasteiger partial charge >= 0.3 is 11.9 Å². The Hall–Kier alpha value is -1.18. The van der Waals surface area contributed by atoms with Crippen molar-refractivity contribution < 1.29 is 28.0 Å². The van der Waals surface area contributed by atoms with Crippen LogP contribution < -0.4 is 0 Å². The molecule has 200 valence electrons. The number of carbonyl (C=O) groups excluding carboxylic acids is 2. The van der Waals surface area contributed by atoms with Crippen LogP contribution in [-0.4, -0.2) is 113 Å². The van der Waals surface area contributed by atoms with Crippen molar-refractivity contribution >= 4 is 11.9 Å². The number of unbranched alkanes of at least 4 members (excludes halogenated alkanes) is 8. The zero-order chi connectivity index (χ0) is 25.3. The maximum Gasteiger partial charge on any atom is 0.361 e. The molecule has 0 saturated carbocycles. The van der Waals surface area contributed by atoms with E-state index >= 15 is 0 Å². The van der Waals surface area contributed by atoms with E-state index in [0.29, 0.717) is 30.8 Å². The van der Waals surface area contributed by atoms with E-state index in [-0.39, 0.29) is 11.9 Å². The molecule has 0 bridgehead atoms. The van der Waals surface area contributed by atoms with E-state index in [2.05, 4.69) is 39.9 Å². The van der Waals surface area contributed by atoms with Gasteiger partial charge in [-0.2, -0.15) is 0 Å². The number of hydrogen-bond donors (Lipinski definition) is 0. The molecule has 0 amide bonds. The van der Waals surface area contributed by atoms with Crippen molar-refractivity contribution in [3.63, 3.8) is 0 Å². The van der Waals surface area contributed by atoms with Gasteiger partial charge in [-0.15, -0.1) is 0 Å². The van der Waals surface area contributed by atoms with Gasteiger partial charge in [0.25, 0.3) is 0 Å². The van der Waals surface area contributed by atoms with Gasteiger partial charge in [0.2, 0.25) is 0 Å². The topological polar surface area (TPSA) is 55.8 Å². The summed E-state index contributed by atoms with van der Waals surface area (Å²) in [6, 6.07) is 0. The third-order valence-corrected chi connectivity index (χ3v) is 7.02. The Bertz CT molecular complexity index is 560. The van der Waals surface area contributed by atoms with Crippen LogP contribution in [0.15, 0.2) is 0 Å². The molecule has 1 fully saturated rings. The van der Waals surface area contributed by atoms with Gasteiger partial charge in [0.15, 0.2) is 13.1 Å². The van der Waals surface area contributed by atoms with Gasteiger partial charge in [-0.1, -0.05) is 65.2 Å². The minimum Gasteiger partial charge on any atom is -0.462 e. The number of rotatable bonds is 19. The molecule has 0 N–H and O–H groups in total. The van der Waals surface area contributed by atoms with Gasteiger partial charge in [-0.25, -0.2) is 9.59 Å². The molecular weight excluding hydrogens is 430 g/mol. The second-order valence-electron chi connectivity index (χ2n) is 11.2. The molecule has 0 radical (unpaired) electrons. The van der Waals surface area contributed by atoms with Crippen LogP contribution in [0.4, 0.5) is 0 Å². The monoisotopic (exact) mass is 485 g/mol. The minimum absolute atomic E-state index is 0.0619. The summed E-state index contributed by atoms with van der Waals surface area (Å²) in [5, 5.41) is 0. The Labute approximate surface area is 209 Å². The van der Waals surface area contributed by atoms with Crippen molar-refractivity contribution in [3.8, 4) is 0 Å². The summed E-state index contributed by atoms with van der Waals surface area (Å²) in [6.07, 6.45) is 11.7. The molecule has 0 aromatic rings. The maximum atomic E-state index is 12.3. The van der Waals surface area contributed by atoms with Gasteiger partial charge in [0, 0.05) is 19.6 Å². The van der Waals surface area contributed by atoms with Crippen LogP contribution in [0.25, 0.3) is 0 Å². The highest BCUT2D eigenvalue weighted by Crippen LogP contribution is 2.12. The molecule has 34 heavy (non-hydrogen) atoms. The van der Waals surface area contributed by atoms with Crippen molar-refractivity contribution in [1.82, 2.24) is 4.90 Å². The fraction of sp³-hybridized carbons (Fsp3) is 0.926. The van der Waals surface area contributed by atoms with Crippen LogP contribution in [0.2, 0.25) is 0 Å². The van der Waals surface area contributed by atoms with E-state index in [1.165, 1.54) is 38.5 Å². The normalized spacial score (nSPS) is 16.4. The van der Waals surface area contributed by atoms with Crippen LogP contribution >= 0.6 is 0 Å². The minimum atomic E-state index is -0.0905. The van der Waals surface area contributed by atoms with Gasteiger partial charge < -0.3 is 18.4 Å². The van der Waals surface area contributed by atoms with Crippen molar-refractivity contribution in [1.29, 1.82) is 0 Å². The summed E-state index contributed by atoms with van der Waals surface area (Å²) in [7, 11) is 6.37. The molecule has 1 heterocycles. The van der Waals surface area contributed by atoms with E-state index in [9.17, 15) is 9.59 Å². The highest BCUT2D eigenvalue weighted by atomic mass is 16.5. The fourth-order valence-corrected chi connectivity index (χ4v) is 4.40. The summed E-state index contributed by atoms with van der Waals surface area (Å²) in [5.41, 5.74) is 0. The third kappa shape index (κ3) is 14.9. The summed E-state index contributed by atoms with van der Waals surface area (Å²) < 4.78 is 12.3. The summed E-state index contributed by atoms with van der Waals surface area (Å²) in [6.45, 7) is 12.1. The lowest BCUT2D eigenvalue weighted by Crippen LogP contribution is -2.60. The molecule has 7 heteroatoms. The number of piperazine rings is 1. The Balaban J connectivity index is 2.20. The Kier molecular flexibility index (Phi) is 15.7. The molecule has 1 rings (SSSR count). The molecule has 0 aliphatic carbocycles. The molecule has 0 atom stereocenters. The van der Waals surface area contributed by atoms with Gasteiger partial charge in [-0.05, 0) is 12.8 Å². The standard InChI is InChI=1S/C27H55N3O4/c1-6-8-10-12-14-22-33-26(31)24-29(3,4)19-16-28-17-20-30(5,21-18-28)25-27(32)34-23-15-13-11-9-7-2/h6-25H2,1-5H3/q+2. The molecule has 0 aromatic heterocycles. The number of hydrogen-bond acceptors (Lipinski definition) is 5. The van der Waals surface area contributed by atoms with Gasteiger partial charge in [-0.3, -0.25) is 4.90 Å². The number of quaternary nitrogens is 2. The first-order chi connectivity index (χ1) is 16.2. The first kappa shape index (κ1) is 30.9. The second-order valence-corrected chi connectivity index (χ2v) is 11.2. The highest BCUT2D eigenvalue weighted by molar-refractivity contribution is 5.70. The highest BCUT2D eigenvalue weighted by Gasteiger charge is 2.32. The van der Waals surface area contributed by atoms with Crippen LogP contribution in [-0.2, 0) is 19.1 Å². The number of ether oxygens (including phenoxy) is 2. The lowest BCUT2D eigenvalue weighted by molar-refractivity contribution is -0.907. The summed E-state index contributed by atoms with van der Waals surface area (Å²) in [5.74, 6) is -0.152. The maximum absolute atomic E-state index is 12.3. The molecule has 0 unspecified atom stereocenters. The lowest BCUT2D eigenvalue weighted by atomic mass is 10.2. The lowest BCUT2D eigenvalue weighted by Gasteiger charge is -2.42. The largest absolute Gasteiger partial charge is 0.462 e. The Morgan fingerprint density at radius 1 is 0.794 bits per heavy atom. The fourth-order valence-electron chi connectivity index (χ4n) is 4.40. The number of carbonyl (C=O) groups is 2. The first-order valence-electron chi connectivity index (χ1n) is 13.9. The van der Waals surface area contributed by atoms with Gasteiger partial charge in [0.05, 0.1) is 54.0 Å². The Morgan fingerprint density at radius 2 is 1.29 bits per heavy atom. The average molecular weight is 486 g/mol. The molecule has 0 aromatic carbocycles. The number of nitrogens with zero attached hydrogens (tertiary/aromatic N) is 3. The molecule has 1 aliphatic rings. The van der Waals surface area contributed by atoms with Crippen molar-refractivity contribution in [2.45, 2.75) is 78.1 Å². The molecular formula is C27H55N3O4+2. The van der Waals surface area contributed by atoms with Crippen LogP contribution in [0.5, 0.6) is 0 Å². The van der Waals surface area contributed by atoms with E-state index < -0.39 is 0 Å². The quantitative estimate of drug-likeness (QED) is 0.158. The van der Waals surface area contributed by atoms with E-state index in [1.54, 1.807) is 0 Å². The summed E-state index contributed by atoms with van der Waals surface area (Å²) >= 11 is 0. The zero-order valence-electron chi connectivity index (χ0n) is 23.1. The van der Waals surface area contributed by atoms with Crippen molar-refractivity contribution in [2.75, 3.05) is 86.7 Å². The van der Waals surface area contributed by atoms with Crippen LogP contribution in [0.3, 0.4) is 0 Å². The van der Waals surface area contributed by atoms with E-state index in [1.807, 2.05) is 0 Å². The predicted octanol–water partition coefficient (Wildman–Crippen LogP) is 3.85. The van der Waals surface area contributed by atoms with Crippen LogP contribution in [0.1, 0.15) is 78.1 Å². The zero-order valence-corrected chi connectivity index (χ0v) is 23.1.